The molecule has 1 fully saturated rings. The Hall–Kier alpha value is -0.840. The molecule has 1 aromatic rings. The molecule has 0 saturated carbocycles. The Balaban J connectivity index is 1.95. The number of rotatable bonds is 5. The van der Waals surface area contributed by atoms with Gasteiger partial charge in [0.25, 0.3) is 0 Å². The molecule has 2 N–H and O–H groups in total. The van der Waals surface area contributed by atoms with E-state index in [-0.39, 0.29) is 0 Å². The maximum absolute atomic E-state index is 5.87. The molecule has 1 aromatic heterocycles. The van der Waals surface area contributed by atoms with Crippen LogP contribution >= 0.6 is 0 Å². The lowest BCUT2D eigenvalue weighted by Crippen LogP contribution is -2.47. The fourth-order valence-corrected chi connectivity index (χ4v) is 2.63. The van der Waals surface area contributed by atoms with Crippen LogP contribution in [-0.4, -0.2) is 37.2 Å². The Morgan fingerprint density at radius 2 is 2.22 bits per heavy atom. The minimum atomic E-state index is 0.359. The fraction of sp³-hybridized carbons (Fsp3) is 0.714. The molecule has 1 aliphatic heterocycles. The van der Waals surface area contributed by atoms with E-state index in [9.17, 15) is 0 Å². The van der Waals surface area contributed by atoms with Gasteiger partial charge >= 0.3 is 0 Å². The first-order valence-corrected chi connectivity index (χ1v) is 6.81. The van der Waals surface area contributed by atoms with Gasteiger partial charge in [0, 0.05) is 32.7 Å². The van der Waals surface area contributed by atoms with Crippen LogP contribution < -0.4 is 5.73 Å². The van der Waals surface area contributed by atoms with E-state index in [1.807, 2.05) is 0 Å². The predicted octanol–water partition coefficient (Wildman–Crippen LogP) is 1.78. The van der Waals surface area contributed by atoms with Crippen LogP contribution in [0, 0.1) is 0 Å². The lowest BCUT2D eigenvalue weighted by Gasteiger charge is -2.37. The van der Waals surface area contributed by atoms with Crippen molar-refractivity contribution in [1.82, 2.24) is 4.90 Å². The summed E-state index contributed by atoms with van der Waals surface area (Å²) in [5, 5.41) is 0. The third-order valence-corrected chi connectivity index (χ3v) is 3.82. The van der Waals surface area contributed by atoms with Crippen LogP contribution in [0.3, 0.4) is 0 Å². The summed E-state index contributed by atoms with van der Waals surface area (Å²) in [4.78, 5) is 2.41. The monoisotopic (exact) mass is 252 g/mol. The number of nitrogens with two attached hydrogens (primary N) is 1. The normalized spacial score (nSPS) is 25.5. The maximum atomic E-state index is 5.87. The van der Waals surface area contributed by atoms with Gasteiger partial charge in [-0.25, -0.2) is 0 Å². The van der Waals surface area contributed by atoms with Crippen LogP contribution in [-0.2, 0) is 17.7 Å². The molecule has 0 aromatic carbocycles. The molecule has 4 nitrogen and oxygen atoms in total. The molecule has 2 heterocycles. The van der Waals surface area contributed by atoms with Crippen molar-refractivity contribution in [1.29, 1.82) is 0 Å². The molecule has 1 saturated heterocycles. The molecule has 0 radical (unpaired) electrons. The zero-order valence-electron chi connectivity index (χ0n) is 11.4. The summed E-state index contributed by atoms with van der Waals surface area (Å²) in [5.41, 5.74) is 5.87. The van der Waals surface area contributed by atoms with Crippen molar-refractivity contribution in [3.63, 3.8) is 0 Å². The minimum absolute atomic E-state index is 0.359. The van der Waals surface area contributed by atoms with Crippen molar-refractivity contribution in [2.75, 3.05) is 20.2 Å². The highest BCUT2D eigenvalue weighted by atomic mass is 16.5. The summed E-state index contributed by atoms with van der Waals surface area (Å²) >= 11 is 0. The second-order valence-electron chi connectivity index (χ2n) is 4.96. The summed E-state index contributed by atoms with van der Waals surface area (Å²) in [5.74, 6) is 2.10. The summed E-state index contributed by atoms with van der Waals surface area (Å²) in [6, 6.07) is 4.54. The van der Waals surface area contributed by atoms with Gasteiger partial charge in [-0.05, 0) is 25.0 Å². The molecular formula is C14H24N2O2. The molecule has 2 atom stereocenters. The third-order valence-electron chi connectivity index (χ3n) is 3.82. The van der Waals surface area contributed by atoms with Crippen molar-refractivity contribution in [3.8, 4) is 0 Å². The Morgan fingerprint density at radius 3 is 2.83 bits per heavy atom. The number of furan rings is 1. The standard InChI is InChI=1S/C14H24N2O2/c1-3-12-4-5-14(18-12)10-16-7-6-13(17-2)8-11(16)9-15/h4-5,11,13H,3,6-10,15H2,1-2H3. The van der Waals surface area contributed by atoms with Gasteiger partial charge in [0.2, 0.25) is 0 Å². The van der Waals surface area contributed by atoms with Crippen LogP contribution in [0.5, 0.6) is 0 Å². The van der Waals surface area contributed by atoms with Crippen LogP contribution in [0.2, 0.25) is 0 Å². The summed E-state index contributed by atoms with van der Waals surface area (Å²) in [6.07, 6.45) is 3.41. The van der Waals surface area contributed by atoms with Gasteiger partial charge in [-0.1, -0.05) is 6.92 Å². The third kappa shape index (κ3) is 3.13. The average molecular weight is 252 g/mol. The van der Waals surface area contributed by atoms with Gasteiger partial charge in [0.1, 0.15) is 11.5 Å². The van der Waals surface area contributed by atoms with E-state index in [2.05, 4.69) is 24.0 Å². The summed E-state index contributed by atoms with van der Waals surface area (Å²) < 4.78 is 11.2. The first-order valence-electron chi connectivity index (χ1n) is 6.81. The van der Waals surface area contributed by atoms with Crippen LogP contribution in [0.1, 0.15) is 31.3 Å². The first kappa shape index (κ1) is 13.6. The highest BCUT2D eigenvalue weighted by Crippen LogP contribution is 2.22. The van der Waals surface area contributed by atoms with Crippen molar-refractivity contribution < 1.29 is 9.15 Å². The molecule has 0 aliphatic carbocycles. The number of aryl methyl sites for hydroxylation is 1. The van der Waals surface area contributed by atoms with Crippen molar-refractivity contribution >= 4 is 0 Å². The van der Waals surface area contributed by atoms with Gasteiger partial charge in [-0.15, -0.1) is 0 Å². The van der Waals surface area contributed by atoms with E-state index in [1.165, 1.54) is 0 Å². The Bertz CT molecular complexity index is 364. The Labute approximate surface area is 109 Å². The second-order valence-corrected chi connectivity index (χ2v) is 4.96. The summed E-state index contributed by atoms with van der Waals surface area (Å²) in [6.45, 7) is 4.68. The van der Waals surface area contributed by atoms with E-state index < -0.39 is 0 Å². The number of methoxy groups -OCH3 is 1. The second kappa shape index (κ2) is 6.36. The Kier molecular flexibility index (Phi) is 4.80. The van der Waals surface area contributed by atoms with E-state index in [0.717, 1.165) is 43.9 Å². The zero-order chi connectivity index (χ0) is 13.0. The van der Waals surface area contributed by atoms with E-state index in [4.69, 9.17) is 14.9 Å². The highest BCUT2D eigenvalue weighted by molar-refractivity contribution is 5.07. The lowest BCUT2D eigenvalue weighted by molar-refractivity contribution is 0.00787. The Morgan fingerprint density at radius 1 is 1.44 bits per heavy atom. The van der Waals surface area contributed by atoms with Gasteiger partial charge in [0.05, 0.1) is 12.6 Å². The predicted molar refractivity (Wildman–Crippen MR) is 71.4 cm³/mol. The zero-order valence-corrected chi connectivity index (χ0v) is 11.4. The molecule has 0 spiro atoms. The van der Waals surface area contributed by atoms with Gasteiger partial charge in [-0.2, -0.15) is 0 Å². The van der Waals surface area contributed by atoms with Crippen molar-refractivity contribution in [2.24, 2.45) is 5.73 Å². The molecule has 0 amide bonds. The number of piperidine rings is 1. The molecule has 4 heteroatoms. The van der Waals surface area contributed by atoms with Crippen LogP contribution in [0.25, 0.3) is 0 Å². The SMILES string of the molecule is CCc1ccc(CN2CCC(OC)CC2CN)o1. The molecule has 1 aliphatic rings. The number of likely N-dealkylation sites (tertiary alicyclic amines) is 1. The van der Waals surface area contributed by atoms with E-state index >= 15 is 0 Å². The van der Waals surface area contributed by atoms with E-state index in [1.54, 1.807) is 7.11 Å². The number of ether oxygens (including phenoxy) is 1. The topological polar surface area (TPSA) is 51.6 Å². The smallest absolute Gasteiger partial charge is 0.118 e. The molecule has 2 rings (SSSR count). The van der Waals surface area contributed by atoms with Crippen molar-refractivity contribution in [2.45, 2.75) is 44.9 Å². The summed E-state index contributed by atoms with van der Waals surface area (Å²) in [7, 11) is 1.79. The number of hydrogen-bond acceptors (Lipinski definition) is 4. The maximum Gasteiger partial charge on any atom is 0.118 e. The van der Waals surface area contributed by atoms with Crippen LogP contribution in [0.4, 0.5) is 0 Å². The quantitative estimate of drug-likeness (QED) is 0.868. The van der Waals surface area contributed by atoms with Gasteiger partial charge in [-0.3, -0.25) is 4.90 Å². The number of nitrogens with zero attached hydrogens (tertiary/aromatic N) is 1. The van der Waals surface area contributed by atoms with E-state index in [0.29, 0.717) is 18.7 Å². The number of hydrogen-bond donors (Lipinski definition) is 1. The minimum Gasteiger partial charge on any atom is -0.465 e. The average Bonchev–Trinajstić information content (AvgIpc) is 2.87. The molecule has 102 valence electrons. The molecule has 2 unspecified atom stereocenters. The fourth-order valence-electron chi connectivity index (χ4n) is 2.63. The molecule has 18 heavy (non-hydrogen) atoms. The van der Waals surface area contributed by atoms with Crippen LogP contribution in [0.15, 0.2) is 16.5 Å². The van der Waals surface area contributed by atoms with Gasteiger partial charge in [0.15, 0.2) is 0 Å². The van der Waals surface area contributed by atoms with Gasteiger partial charge < -0.3 is 14.9 Å². The van der Waals surface area contributed by atoms with Crippen molar-refractivity contribution in [3.05, 3.63) is 23.7 Å². The highest BCUT2D eigenvalue weighted by Gasteiger charge is 2.27. The first-order chi connectivity index (χ1) is 8.76. The lowest BCUT2D eigenvalue weighted by atomic mass is 9.99. The molecular weight excluding hydrogens is 228 g/mol. The largest absolute Gasteiger partial charge is 0.465 e. The molecule has 0 bridgehead atoms.